The zero-order valence-corrected chi connectivity index (χ0v) is 7.99. The van der Waals surface area contributed by atoms with Crippen LogP contribution in [0.4, 0.5) is 0 Å². The van der Waals surface area contributed by atoms with E-state index in [2.05, 4.69) is 5.10 Å². The van der Waals surface area contributed by atoms with Gasteiger partial charge in [0.25, 0.3) is 10.0 Å². The summed E-state index contributed by atoms with van der Waals surface area (Å²) >= 11 is 0. The Hall–Kier alpha value is -0.920. The maximum atomic E-state index is 11.0. The van der Waals surface area contributed by atoms with Gasteiger partial charge in [-0.1, -0.05) is 0 Å². The average molecular weight is 205 g/mol. The molecule has 0 aliphatic carbocycles. The summed E-state index contributed by atoms with van der Waals surface area (Å²) in [7, 11) is -2.15. The van der Waals surface area contributed by atoms with Gasteiger partial charge in [0.1, 0.15) is 0 Å². The van der Waals surface area contributed by atoms with Crippen molar-refractivity contribution in [2.45, 2.75) is 11.6 Å². The number of nitrogens with two attached hydrogens (primary N) is 1. The second kappa shape index (κ2) is 3.86. The Morgan fingerprint density at radius 2 is 2.38 bits per heavy atom. The molecule has 0 unspecified atom stereocenters. The molecule has 0 aromatic carbocycles. The molecule has 0 aliphatic heterocycles. The van der Waals surface area contributed by atoms with Gasteiger partial charge in [-0.05, 0) is 6.07 Å². The summed E-state index contributed by atoms with van der Waals surface area (Å²) in [5.74, 6) is 0. The number of hydrogen-bond donors (Lipinski definition) is 1. The molecule has 74 valence electrons. The summed E-state index contributed by atoms with van der Waals surface area (Å²) in [4.78, 5) is 0. The zero-order chi connectivity index (χ0) is 9.90. The lowest BCUT2D eigenvalue weighted by molar-refractivity contribution is 0.180. The highest BCUT2D eigenvalue weighted by Gasteiger charge is 2.13. The van der Waals surface area contributed by atoms with E-state index in [4.69, 9.17) is 9.88 Å². The van der Waals surface area contributed by atoms with Gasteiger partial charge in [-0.15, -0.1) is 0 Å². The van der Waals surface area contributed by atoms with Crippen LogP contribution in [0.5, 0.6) is 0 Å². The minimum Gasteiger partial charge on any atom is -0.383 e. The minimum absolute atomic E-state index is 0.00421. The monoisotopic (exact) mass is 205 g/mol. The van der Waals surface area contributed by atoms with Crippen LogP contribution in [-0.2, 0) is 21.3 Å². The van der Waals surface area contributed by atoms with Crippen molar-refractivity contribution in [3.63, 3.8) is 0 Å². The molecular formula is C6H11N3O3S. The molecule has 0 radical (unpaired) electrons. The second-order valence-corrected chi connectivity index (χ2v) is 3.94. The van der Waals surface area contributed by atoms with E-state index in [-0.39, 0.29) is 5.03 Å². The number of ether oxygens (including phenoxy) is 1. The maximum Gasteiger partial charge on any atom is 0.255 e. The van der Waals surface area contributed by atoms with E-state index in [9.17, 15) is 8.42 Å². The normalized spacial score (nSPS) is 11.8. The van der Waals surface area contributed by atoms with Crippen LogP contribution in [0.2, 0.25) is 0 Å². The van der Waals surface area contributed by atoms with Gasteiger partial charge in [-0.25, -0.2) is 13.6 Å². The van der Waals surface area contributed by atoms with E-state index >= 15 is 0 Å². The minimum atomic E-state index is -3.68. The first-order chi connectivity index (χ1) is 6.05. The molecule has 0 aliphatic rings. The van der Waals surface area contributed by atoms with Gasteiger partial charge in [-0.3, -0.25) is 4.68 Å². The lowest BCUT2D eigenvalue weighted by Crippen LogP contribution is -2.19. The Labute approximate surface area is 76.3 Å². The lowest BCUT2D eigenvalue weighted by atomic mass is 10.7. The largest absolute Gasteiger partial charge is 0.383 e. The molecule has 1 aromatic heterocycles. The molecule has 0 saturated carbocycles. The molecule has 1 rings (SSSR count). The first-order valence-corrected chi connectivity index (χ1v) is 5.14. The standard InChI is InChI=1S/C6H11N3O3S/c1-12-5-4-9-6(2-3-8-9)13(7,10)11/h2-3H,4-5H2,1H3,(H2,7,10,11). The molecule has 0 bridgehead atoms. The van der Waals surface area contributed by atoms with Gasteiger partial charge in [0.2, 0.25) is 0 Å². The van der Waals surface area contributed by atoms with Crippen LogP contribution < -0.4 is 5.14 Å². The van der Waals surface area contributed by atoms with Crippen LogP contribution in [0.15, 0.2) is 17.3 Å². The van der Waals surface area contributed by atoms with Gasteiger partial charge in [0.15, 0.2) is 5.03 Å². The molecule has 0 fully saturated rings. The Kier molecular flexibility index (Phi) is 3.02. The molecule has 0 spiro atoms. The molecule has 6 nitrogen and oxygen atoms in total. The predicted octanol–water partition coefficient (Wildman–Crippen LogP) is -0.823. The predicted molar refractivity (Wildman–Crippen MR) is 45.5 cm³/mol. The zero-order valence-electron chi connectivity index (χ0n) is 7.17. The number of hydrogen-bond acceptors (Lipinski definition) is 4. The quantitative estimate of drug-likeness (QED) is 0.695. The highest BCUT2D eigenvalue weighted by molar-refractivity contribution is 7.89. The first-order valence-electron chi connectivity index (χ1n) is 3.59. The first kappa shape index (κ1) is 10.2. The van der Waals surface area contributed by atoms with Gasteiger partial charge in [-0.2, -0.15) is 5.10 Å². The van der Waals surface area contributed by atoms with Gasteiger partial charge in [0, 0.05) is 7.11 Å². The second-order valence-electron chi connectivity index (χ2n) is 2.43. The molecule has 0 saturated heterocycles. The highest BCUT2D eigenvalue weighted by Crippen LogP contribution is 2.04. The number of methoxy groups -OCH3 is 1. The van der Waals surface area contributed by atoms with Crippen molar-refractivity contribution < 1.29 is 13.2 Å². The topological polar surface area (TPSA) is 87.2 Å². The van der Waals surface area contributed by atoms with Gasteiger partial charge >= 0.3 is 0 Å². The van der Waals surface area contributed by atoms with Crippen molar-refractivity contribution in [1.29, 1.82) is 0 Å². The number of aromatic nitrogens is 2. The summed E-state index contributed by atoms with van der Waals surface area (Å²) in [6.07, 6.45) is 1.38. The SMILES string of the molecule is COCCn1nccc1S(N)(=O)=O. The van der Waals surface area contributed by atoms with Crippen LogP contribution in [0.1, 0.15) is 0 Å². The molecule has 1 aromatic rings. The van der Waals surface area contributed by atoms with Crippen molar-refractivity contribution in [1.82, 2.24) is 9.78 Å². The fourth-order valence-corrected chi connectivity index (χ4v) is 1.59. The Balaban J connectivity index is 2.90. The average Bonchev–Trinajstić information content (AvgIpc) is 2.47. The van der Waals surface area contributed by atoms with E-state index in [1.807, 2.05) is 0 Å². The summed E-state index contributed by atoms with van der Waals surface area (Å²) in [5, 5.41) is 8.75. The van der Waals surface area contributed by atoms with E-state index in [0.717, 1.165) is 0 Å². The Bertz CT molecular complexity index is 370. The van der Waals surface area contributed by atoms with Gasteiger partial charge < -0.3 is 4.74 Å². The van der Waals surface area contributed by atoms with Crippen LogP contribution >= 0.6 is 0 Å². The van der Waals surface area contributed by atoms with Crippen molar-refractivity contribution >= 4 is 10.0 Å². The third-order valence-corrected chi connectivity index (χ3v) is 2.41. The Morgan fingerprint density at radius 1 is 1.69 bits per heavy atom. The molecular weight excluding hydrogens is 194 g/mol. The van der Waals surface area contributed by atoms with Crippen molar-refractivity contribution in [2.75, 3.05) is 13.7 Å². The number of sulfonamides is 1. The summed E-state index contributed by atoms with van der Waals surface area (Å²) in [6, 6.07) is 1.35. The maximum absolute atomic E-state index is 11.0. The lowest BCUT2D eigenvalue weighted by Gasteiger charge is -2.03. The molecule has 1 heterocycles. The summed E-state index contributed by atoms with van der Waals surface area (Å²) in [5.41, 5.74) is 0. The Morgan fingerprint density at radius 3 is 2.92 bits per heavy atom. The number of primary sulfonamides is 1. The third kappa shape index (κ3) is 2.51. The fraction of sp³-hybridized carbons (Fsp3) is 0.500. The third-order valence-electron chi connectivity index (χ3n) is 1.48. The van der Waals surface area contributed by atoms with Crippen LogP contribution in [0, 0.1) is 0 Å². The van der Waals surface area contributed by atoms with E-state index in [1.54, 1.807) is 0 Å². The molecule has 2 N–H and O–H groups in total. The fourth-order valence-electron chi connectivity index (χ4n) is 0.908. The summed E-state index contributed by atoms with van der Waals surface area (Å²) in [6.45, 7) is 0.763. The number of nitrogens with zero attached hydrogens (tertiary/aromatic N) is 2. The van der Waals surface area contributed by atoms with Crippen molar-refractivity contribution in [3.8, 4) is 0 Å². The summed E-state index contributed by atoms with van der Waals surface area (Å²) < 4.78 is 28.0. The van der Waals surface area contributed by atoms with E-state index < -0.39 is 10.0 Å². The van der Waals surface area contributed by atoms with E-state index in [0.29, 0.717) is 13.2 Å². The molecule has 0 amide bonds. The van der Waals surface area contributed by atoms with Crippen molar-refractivity contribution in [2.24, 2.45) is 5.14 Å². The number of rotatable bonds is 4. The molecule has 7 heteroatoms. The van der Waals surface area contributed by atoms with Crippen LogP contribution in [0.25, 0.3) is 0 Å². The van der Waals surface area contributed by atoms with E-state index in [1.165, 1.54) is 24.1 Å². The van der Waals surface area contributed by atoms with Crippen molar-refractivity contribution in [3.05, 3.63) is 12.3 Å². The van der Waals surface area contributed by atoms with Crippen LogP contribution in [0.3, 0.4) is 0 Å². The molecule has 13 heavy (non-hydrogen) atoms. The smallest absolute Gasteiger partial charge is 0.255 e. The van der Waals surface area contributed by atoms with Crippen LogP contribution in [-0.4, -0.2) is 31.9 Å². The van der Waals surface area contributed by atoms with Gasteiger partial charge in [0.05, 0.1) is 19.3 Å². The highest BCUT2D eigenvalue weighted by atomic mass is 32.2. The molecule has 0 atom stereocenters.